The van der Waals surface area contributed by atoms with Gasteiger partial charge in [-0.05, 0) is 30.5 Å². The Bertz CT molecular complexity index is 484. The van der Waals surface area contributed by atoms with E-state index in [0.717, 1.165) is 24.8 Å². The summed E-state index contributed by atoms with van der Waals surface area (Å²) in [6, 6.07) is 6.34. The van der Waals surface area contributed by atoms with E-state index in [1.165, 1.54) is 4.90 Å². The highest BCUT2D eigenvalue weighted by Gasteiger charge is 2.31. The number of carboxylic acid groups (broad SMARTS) is 1. The number of nitrogens with two attached hydrogens (primary N) is 1. The summed E-state index contributed by atoms with van der Waals surface area (Å²) in [6.45, 7) is 0.935. The van der Waals surface area contributed by atoms with Crippen molar-refractivity contribution in [3.8, 4) is 0 Å². The maximum atomic E-state index is 12.5. The lowest BCUT2D eigenvalue weighted by molar-refractivity contribution is -0.142. The van der Waals surface area contributed by atoms with Gasteiger partial charge in [-0.2, -0.15) is 0 Å². The van der Waals surface area contributed by atoms with Gasteiger partial charge in [-0.3, -0.25) is 4.79 Å². The molecule has 0 spiro atoms. The number of hydrogen-bond acceptors (Lipinski definition) is 3. The minimum Gasteiger partial charge on any atom is -0.480 e. The van der Waals surface area contributed by atoms with Crippen LogP contribution >= 0.6 is 0 Å². The number of carbonyl (C=O) groups excluding carboxylic acids is 1. The van der Waals surface area contributed by atoms with Crippen molar-refractivity contribution >= 4 is 11.9 Å². The van der Waals surface area contributed by atoms with Gasteiger partial charge in [0.25, 0.3) is 5.91 Å². The molecule has 108 valence electrons. The molecular weight excluding hydrogens is 256 g/mol. The number of rotatable bonds is 3. The molecule has 1 atom stereocenters. The largest absolute Gasteiger partial charge is 0.480 e. The number of likely N-dealkylation sites (tertiary alicyclic amines) is 1. The third kappa shape index (κ3) is 3.17. The van der Waals surface area contributed by atoms with Crippen LogP contribution in [0.4, 0.5) is 0 Å². The smallest absolute Gasteiger partial charge is 0.326 e. The molecule has 1 heterocycles. The van der Waals surface area contributed by atoms with Crippen molar-refractivity contribution in [2.75, 3.05) is 6.54 Å². The van der Waals surface area contributed by atoms with E-state index < -0.39 is 12.0 Å². The summed E-state index contributed by atoms with van der Waals surface area (Å²) in [6.07, 6.45) is 3.21. The Morgan fingerprint density at radius 1 is 1.20 bits per heavy atom. The molecule has 0 saturated carbocycles. The Hall–Kier alpha value is -1.88. The Kier molecular flexibility index (Phi) is 4.74. The molecule has 0 aromatic heterocycles. The van der Waals surface area contributed by atoms with Crippen LogP contribution in [-0.2, 0) is 11.3 Å². The first-order chi connectivity index (χ1) is 9.63. The van der Waals surface area contributed by atoms with Crippen molar-refractivity contribution in [2.45, 2.75) is 38.3 Å². The number of hydrogen-bond donors (Lipinski definition) is 2. The van der Waals surface area contributed by atoms with Crippen LogP contribution in [0.25, 0.3) is 0 Å². The van der Waals surface area contributed by atoms with E-state index in [4.69, 9.17) is 5.73 Å². The average Bonchev–Trinajstić information content (AvgIpc) is 2.72. The van der Waals surface area contributed by atoms with Crippen LogP contribution in [0.5, 0.6) is 0 Å². The fraction of sp³-hybridized carbons (Fsp3) is 0.467. The second-order valence-corrected chi connectivity index (χ2v) is 5.10. The first-order valence-electron chi connectivity index (χ1n) is 6.96. The fourth-order valence-electron chi connectivity index (χ4n) is 2.56. The SMILES string of the molecule is NCc1ccc(C(=O)N2CCCCCC2C(=O)O)cc1. The molecule has 3 N–H and O–H groups in total. The van der Waals surface area contributed by atoms with E-state index in [0.29, 0.717) is 25.1 Å². The highest BCUT2D eigenvalue weighted by molar-refractivity contribution is 5.96. The summed E-state index contributed by atoms with van der Waals surface area (Å²) in [5, 5.41) is 9.30. The Morgan fingerprint density at radius 3 is 2.50 bits per heavy atom. The highest BCUT2D eigenvalue weighted by atomic mass is 16.4. The number of carbonyl (C=O) groups is 2. The second kappa shape index (κ2) is 6.52. The molecule has 5 heteroatoms. The molecule has 1 aromatic rings. The average molecular weight is 276 g/mol. The summed E-state index contributed by atoms with van der Waals surface area (Å²) < 4.78 is 0. The zero-order valence-corrected chi connectivity index (χ0v) is 11.4. The van der Waals surface area contributed by atoms with Crippen LogP contribution in [-0.4, -0.2) is 34.5 Å². The molecule has 1 saturated heterocycles. The Balaban J connectivity index is 2.21. The van der Waals surface area contributed by atoms with E-state index in [2.05, 4.69) is 0 Å². The van der Waals surface area contributed by atoms with Gasteiger partial charge < -0.3 is 15.7 Å². The van der Waals surface area contributed by atoms with Crippen LogP contribution in [0.15, 0.2) is 24.3 Å². The molecule has 2 rings (SSSR count). The van der Waals surface area contributed by atoms with E-state index >= 15 is 0 Å². The highest BCUT2D eigenvalue weighted by Crippen LogP contribution is 2.20. The monoisotopic (exact) mass is 276 g/mol. The van der Waals surface area contributed by atoms with Crippen LogP contribution in [0, 0.1) is 0 Å². The van der Waals surface area contributed by atoms with Crippen LogP contribution in [0.1, 0.15) is 41.6 Å². The minimum absolute atomic E-state index is 0.206. The maximum absolute atomic E-state index is 12.5. The molecule has 1 aromatic carbocycles. The van der Waals surface area contributed by atoms with Crippen molar-refractivity contribution in [2.24, 2.45) is 5.73 Å². The minimum atomic E-state index is -0.918. The lowest BCUT2D eigenvalue weighted by Gasteiger charge is -2.27. The van der Waals surface area contributed by atoms with Gasteiger partial charge in [-0.25, -0.2) is 4.79 Å². The van der Waals surface area contributed by atoms with Gasteiger partial charge in [0.05, 0.1) is 0 Å². The maximum Gasteiger partial charge on any atom is 0.326 e. The van der Waals surface area contributed by atoms with Gasteiger partial charge in [0, 0.05) is 18.7 Å². The van der Waals surface area contributed by atoms with E-state index in [-0.39, 0.29) is 5.91 Å². The van der Waals surface area contributed by atoms with Gasteiger partial charge >= 0.3 is 5.97 Å². The van der Waals surface area contributed by atoms with E-state index in [9.17, 15) is 14.7 Å². The van der Waals surface area contributed by atoms with Crippen LogP contribution in [0.2, 0.25) is 0 Å². The fourth-order valence-corrected chi connectivity index (χ4v) is 2.56. The molecule has 1 unspecified atom stereocenters. The van der Waals surface area contributed by atoms with Crippen LogP contribution in [0.3, 0.4) is 0 Å². The van der Waals surface area contributed by atoms with Crippen LogP contribution < -0.4 is 5.73 Å². The quantitative estimate of drug-likeness (QED) is 0.878. The molecule has 0 radical (unpaired) electrons. The molecule has 1 fully saturated rings. The zero-order valence-electron chi connectivity index (χ0n) is 11.4. The summed E-state index contributed by atoms with van der Waals surface area (Å²) in [4.78, 5) is 25.3. The first kappa shape index (κ1) is 14.5. The molecule has 0 aliphatic carbocycles. The summed E-state index contributed by atoms with van der Waals surface area (Å²) in [5.41, 5.74) is 7.00. The van der Waals surface area contributed by atoms with Gasteiger partial charge in [0.1, 0.15) is 6.04 Å². The second-order valence-electron chi connectivity index (χ2n) is 5.10. The van der Waals surface area contributed by atoms with Crippen molar-refractivity contribution < 1.29 is 14.7 Å². The first-order valence-corrected chi connectivity index (χ1v) is 6.96. The van der Waals surface area contributed by atoms with E-state index in [1.54, 1.807) is 24.3 Å². The molecule has 1 aliphatic rings. The topological polar surface area (TPSA) is 83.6 Å². The third-order valence-electron chi connectivity index (χ3n) is 3.74. The van der Waals surface area contributed by atoms with Crippen molar-refractivity contribution in [3.63, 3.8) is 0 Å². The van der Waals surface area contributed by atoms with Gasteiger partial charge in [-0.15, -0.1) is 0 Å². The number of carboxylic acids is 1. The summed E-state index contributed by atoms with van der Waals surface area (Å²) >= 11 is 0. The number of amides is 1. The van der Waals surface area contributed by atoms with E-state index in [1.807, 2.05) is 0 Å². The van der Waals surface area contributed by atoms with Crippen molar-refractivity contribution in [1.29, 1.82) is 0 Å². The normalized spacial score (nSPS) is 19.4. The Labute approximate surface area is 118 Å². The van der Waals surface area contributed by atoms with Crippen molar-refractivity contribution in [1.82, 2.24) is 4.90 Å². The standard InChI is InChI=1S/C15H20N2O3/c16-10-11-5-7-12(8-6-11)14(18)17-9-3-1-2-4-13(17)15(19)20/h5-8,13H,1-4,9-10,16H2,(H,19,20). The van der Waals surface area contributed by atoms with Gasteiger partial charge in [0.15, 0.2) is 0 Å². The molecule has 0 bridgehead atoms. The zero-order chi connectivity index (χ0) is 14.5. The van der Waals surface area contributed by atoms with Gasteiger partial charge in [0.2, 0.25) is 0 Å². The molecule has 1 amide bonds. The number of aliphatic carboxylic acids is 1. The molecule has 20 heavy (non-hydrogen) atoms. The van der Waals surface area contributed by atoms with Crippen molar-refractivity contribution in [3.05, 3.63) is 35.4 Å². The third-order valence-corrected chi connectivity index (χ3v) is 3.74. The summed E-state index contributed by atoms with van der Waals surface area (Å²) in [5.74, 6) is -1.12. The lowest BCUT2D eigenvalue weighted by Crippen LogP contribution is -2.44. The number of nitrogens with zero attached hydrogens (tertiary/aromatic N) is 1. The Morgan fingerprint density at radius 2 is 1.90 bits per heavy atom. The predicted octanol–water partition coefficient (Wildman–Crippen LogP) is 1.61. The lowest BCUT2D eigenvalue weighted by atomic mass is 10.1. The summed E-state index contributed by atoms with van der Waals surface area (Å²) in [7, 11) is 0. The predicted molar refractivity (Wildman–Crippen MR) is 75.3 cm³/mol. The van der Waals surface area contributed by atoms with Gasteiger partial charge in [-0.1, -0.05) is 25.0 Å². The molecule has 1 aliphatic heterocycles. The molecule has 5 nitrogen and oxygen atoms in total. The molecular formula is C15H20N2O3. The number of benzene rings is 1.